The summed E-state index contributed by atoms with van der Waals surface area (Å²) in [6.07, 6.45) is 6.49. The van der Waals surface area contributed by atoms with Crippen molar-refractivity contribution in [1.82, 2.24) is 15.3 Å². The highest BCUT2D eigenvalue weighted by Crippen LogP contribution is 2.14. The lowest BCUT2D eigenvalue weighted by Gasteiger charge is -2.35. The van der Waals surface area contributed by atoms with E-state index in [1.165, 1.54) is 0 Å². The Morgan fingerprint density at radius 3 is 3.07 bits per heavy atom. The second-order valence-corrected chi connectivity index (χ2v) is 3.62. The van der Waals surface area contributed by atoms with Gasteiger partial charge < -0.3 is 10.2 Å². The van der Waals surface area contributed by atoms with Gasteiger partial charge in [-0.05, 0) is 12.5 Å². The summed E-state index contributed by atoms with van der Waals surface area (Å²) in [4.78, 5) is 10.8. The molecule has 1 unspecified atom stereocenters. The molecule has 15 heavy (non-hydrogen) atoms. The first kappa shape index (κ1) is 10.1. The van der Waals surface area contributed by atoms with Gasteiger partial charge in [-0.15, -0.1) is 6.58 Å². The van der Waals surface area contributed by atoms with Gasteiger partial charge in [-0.25, -0.2) is 9.97 Å². The van der Waals surface area contributed by atoms with Gasteiger partial charge in [0.15, 0.2) is 0 Å². The fourth-order valence-corrected chi connectivity index (χ4v) is 1.87. The molecule has 1 fully saturated rings. The first-order valence-corrected chi connectivity index (χ1v) is 5.27. The maximum atomic E-state index is 4.29. The topological polar surface area (TPSA) is 41.0 Å². The molecule has 2 heterocycles. The summed E-state index contributed by atoms with van der Waals surface area (Å²) in [5, 5.41) is 3.37. The summed E-state index contributed by atoms with van der Waals surface area (Å²) >= 11 is 0. The van der Waals surface area contributed by atoms with Crippen molar-refractivity contribution in [2.24, 2.45) is 0 Å². The van der Waals surface area contributed by atoms with Crippen molar-refractivity contribution in [3.63, 3.8) is 0 Å². The number of aromatic nitrogens is 2. The minimum atomic E-state index is 0.429. The highest BCUT2D eigenvalue weighted by molar-refractivity contribution is 5.32. The normalized spacial score (nSPS) is 21.3. The molecule has 0 spiro atoms. The van der Waals surface area contributed by atoms with E-state index in [-0.39, 0.29) is 0 Å². The average molecular weight is 204 g/mol. The molecule has 0 aromatic carbocycles. The van der Waals surface area contributed by atoms with Crippen molar-refractivity contribution in [1.29, 1.82) is 0 Å². The molecule has 0 bridgehead atoms. The molecule has 1 aromatic rings. The SMILES string of the molecule is C=CCC1CNCCN1c1ncccn1. The first-order valence-electron chi connectivity index (χ1n) is 5.27. The molecule has 1 aromatic heterocycles. The second-order valence-electron chi connectivity index (χ2n) is 3.62. The van der Waals surface area contributed by atoms with Gasteiger partial charge in [0, 0.05) is 38.1 Å². The lowest BCUT2D eigenvalue weighted by molar-refractivity contribution is 0.471. The first-order chi connectivity index (χ1) is 7.42. The van der Waals surface area contributed by atoms with E-state index in [9.17, 15) is 0 Å². The Morgan fingerprint density at radius 2 is 2.33 bits per heavy atom. The Kier molecular flexibility index (Phi) is 3.29. The maximum Gasteiger partial charge on any atom is 0.225 e. The number of nitrogens with one attached hydrogen (secondary N) is 1. The molecule has 0 aliphatic carbocycles. The van der Waals surface area contributed by atoms with Crippen molar-refractivity contribution < 1.29 is 0 Å². The lowest BCUT2D eigenvalue weighted by atomic mass is 10.1. The van der Waals surface area contributed by atoms with Crippen LogP contribution in [0.1, 0.15) is 6.42 Å². The highest BCUT2D eigenvalue weighted by Gasteiger charge is 2.22. The fourth-order valence-electron chi connectivity index (χ4n) is 1.87. The number of piperazine rings is 1. The number of rotatable bonds is 3. The van der Waals surface area contributed by atoms with Crippen LogP contribution >= 0.6 is 0 Å². The second kappa shape index (κ2) is 4.89. The zero-order chi connectivity index (χ0) is 10.5. The van der Waals surface area contributed by atoms with Crippen molar-refractivity contribution in [3.05, 3.63) is 31.1 Å². The van der Waals surface area contributed by atoms with Gasteiger partial charge >= 0.3 is 0 Å². The van der Waals surface area contributed by atoms with E-state index < -0.39 is 0 Å². The highest BCUT2D eigenvalue weighted by atomic mass is 15.3. The Bertz CT molecular complexity index is 312. The largest absolute Gasteiger partial charge is 0.335 e. The van der Waals surface area contributed by atoms with Crippen LogP contribution in [0.4, 0.5) is 5.95 Å². The van der Waals surface area contributed by atoms with Gasteiger partial charge in [0.1, 0.15) is 0 Å². The molecule has 0 saturated carbocycles. The van der Waals surface area contributed by atoms with Crippen molar-refractivity contribution in [2.75, 3.05) is 24.5 Å². The Hall–Kier alpha value is -1.42. The van der Waals surface area contributed by atoms with Gasteiger partial charge in [-0.2, -0.15) is 0 Å². The Labute approximate surface area is 90.0 Å². The molecule has 1 aliphatic rings. The van der Waals surface area contributed by atoms with E-state index in [0.29, 0.717) is 6.04 Å². The third kappa shape index (κ3) is 2.33. The van der Waals surface area contributed by atoms with Gasteiger partial charge in [0.05, 0.1) is 0 Å². The van der Waals surface area contributed by atoms with Crippen molar-refractivity contribution >= 4 is 5.95 Å². The molecule has 1 N–H and O–H groups in total. The number of anilines is 1. The average Bonchev–Trinajstić information content (AvgIpc) is 2.31. The van der Waals surface area contributed by atoms with Gasteiger partial charge in [-0.3, -0.25) is 0 Å². The van der Waals surface area contributed by atoms with Crippen LogP contribution in [0.25, 0.3) is 0 Å². The molecule has 0 radical (unpaired) electrons. The Morgan fingerprint density at radius 1 is 1.53 bits per heavy atom. The molecule has 1 aliphatic heterocycles. The lowest BCUT2D eigenvalue weighted by Crippen LogP contribution is -2.51. The van der Waals surface area contributed by atoms with Crippen LogP contribution in [-0.4, -0.2) is 35.6 Å². The quantitative estimate of drug-likeness (QED) is 0.740. The molecule has 1 atom stereocenters. The van der Waals surface area contributed by atoms with Crippen LogP contribution in [0.2, 0.25) is 0 Å². The summed E-state index contributed by atoms with van der Waals surface area (Å²) in [6.45, 7) is 6.72. The summed E-state index contributed by atoms with van der Waals surface area (Å²) < 4.78 is 0. The summed E-state index contributed by atoms with van der Waals surface area (Å²) in [5.41, 5.74) is 0. The zero-order valence-electron chi connectivity index (χ0n) is 8.76. The van der Waals surface area contributed by atoms with Crippen LogP contribution < -0.4 is 10.2 Å². The standard InChI is InChI=1S/C11H16N4/c1-2-4-10-9-12-7-8-15(10)11-13-5-3-6-14-11/h2-3,5-6,10,12H,1,4,7-9H2. The van der Waals surface area contributed by atoms with E-state index in [1.54, 1.807) is 12.4 Å². The maximum absolute atomic E-state index is 4.29. The van der Waals surface area contributed by atoms with Gasteiger partial charge in [0.2, 0.25) is 5.95 Å². The van der Waals surface area contributed by atoms with Gasteiger partial charge in [0.25, 0.3) is 0 Å². The van der Waals surface area contributed by atoms with Crippen LogP contribution in [-0.2, 0) is 0 Å². The number of hydrogen-bond donors (Lipinski definition) is 1. The zero-order valence-corrected chi connectivity index (χ0v) is 8.76. The van der Waals surface area contributed by atoms with Gasteiger partial charge in [-0.1, -0.05) is 6.08 Å². The van der Waals surface area contributed by atoms with E-state index in [0.717, 1.165) is 32.0 Å². The molecule has 0 amide bonds. The predicted molar refractivity (Wildman–Crippen MR) is 60.8 cm³/mol. The fraction of sp³-hybridized carbons (Fsp3) is 0.455. The third-order valence-electron chi connectivity index (χ3n) is 2.60. The molecule has 1 saturated heterocycles. The Balaban J connectivity index is 2.14. The minimum absolute atomic E-state index is 0.429. The van der Waals surface area contributed by atoms with Crippen molar-refractivity contribution in [2.45, 2.75) is 12.5 Å². The third-order valence-corrected chi connectivity index (χ3v) is 2.60. The van der Waals surface area contributed by atoms with Crippen LogP contribution in [0.15, 0.2) is 31.1 Å². The molecule has 4 heteroatoms. The number of hydrogen-bond acceptors (Lipinski definition) is 4. The summed E-state index contributed by atoms with van der Waals surface area (Å²) in [5.74, 6) is 0.825. The van der Waals surface area contributed by atoms with Crippen molar-refractivity contribution in [3.8, 4) is 0 Å². The minimum Gasteiger partial charge on any atom is -0.335 e. The molecule has 4 nitrogen and oxygen atoms in total. The molecular formula is C11H16N4. The predicted octanol–water partition coefficient (Wildman–Crippen LogP) is 0.831. The molecule has 80 valence electrons. The van der Waals surface area contributed by atoms with Crippen LogP contribution in [0.5, 0.6) is 0 Å². The summed E-state index contributed by atoms with van der Waals surface area (Å²) in [6, 6.07) is 2.27. The van der Waals surface area contributed by atoms with E-state index in [2.05, 4.69) is 26.8 Å². The van der Waals surface area contributed by atoms with E-state index in [1.807, 2.05) is 12.1 Å². The molecule has 2 rings (SSSR count). The van der Waals surface area contributed by atoms with Crippen LogP contribution in [0.3, 0.4) is 0 Å². The number of nitrogens with zero attached hydrogens (tertiary/aromatic N) is 3. The van der Waals surface area contributed by atoms with E-state index in [4.69, 9.17) is 0 Å². The molecular weight excluding hydrogens is 188 g/mol. The van der Waals surface area contributed by atoms with E-state index >= 15 is 0 Å². The monoisotopic (exact) mass is 204 g/mol. The summed E-state index contributed by atoms with van der Waals surface area (Å²) in [7, 11) is 0. The smallest absolute Gasteiger partial charge is 0.225 e. The van der Waals surface area contributed by atoms with Crippen LogP contribution in [0, 0.1) is 0 Å².